The standard InChI is InChI=1S/C48H37NO6/c1-28-12-11-19-36(43(28)51)42-34-24-25-35-41(47(55)49(46(35)54)33-22-20-31(21-23-33)44(52)30-15-7-3-8-16-30)38(34)26-39-45(53)37(29-13-5-2-6-14-29)27-40(50)48(39,42)32-17-9-4-10-18-32/h2-24,27,35,38-39,41-42,51H,25-26H2,1H3. The first-order valence-corrected chi connectivity index (χ1v) is 18.7. The smallest absolute Gasteiger partial charge is 0.238 e. The molecule has 0 bridgehead atoms. The molecule has 2 fully saturated rings. The third-order valence-corrected chi connectivity index (χ3v) is 12.4. The van der Waals surface area contributed by atoms with E-state index in [-0.39, 0.29) is 47.8 Å². The van der Waals surface area contributed by atoms with Crippen LogP contribution in [-0.2, 0) is 24.6 Å². The Kier molecular flexibility index (Phi) is 8.19. The Bertz CT molecular complexity index is 2470. The lowest BCUT2D eigenvalue weighted by molar-refractivity contribution is -0.135. The fourth-order valence-electron chi connectivity index (χ4n) is 9.91. The van der Waals surface area contributed by atoms with Crippen molar-refractivity contribution in [2.75, 3.05) is 4.90 Å². The van der Waals surface area contributed by atoms with Crippen molar-refractivity contribution in [3.8, 4) is 5.75 Å². The number of ketones is 3. The molecule has 7 nitrogen and oxygen atoms in total. The van der Waals surface area contributed by atoms with Crippen LogP contribution in [0.15, 0.2) is 151 Å². The third kappa shape index (κ3) is 5.13. The lowest BCUT2D eigenvalue weighted by Crippen LogP contribution is -2.58. The number of aromatic hydroxyl groups is 1. The summed E-state index contributed by atoms with van der Waals surface area (Å²) < 4.78 is 0. The van der Waals surface area contributed by atoms with E-state index in [1.165, 1.54) is 11.0 Å². The molecule has 1 heterocycles. The van der Waals surface area contributed by atoms with Crippen molar-refractivity contribution < 1.29 is 29.1 Å². The van der Waals surface area contributed by atoms with Gasteiger partial charge in [0.25, 0.3) is 0 Å². The molecule has 1 saturated heterocycles. The number of nitrogens with zero attached hydrogens (tertiary/aromatic N) is 1. The van der Waals surface area contributed by atoms with Crippen LogP contribution >= 0.6 is 0 Å². The average Bonchev–Trinajstić information content (AvgIpc) is 3.49. The van der Waals surface area contributed by atoms with Crippen LogP contribution in [0.25, 0.3) is 5.57 Å². The predicted molar refractivity (Wildman–Crippen MR) is 208 cm³/mol. The molecule has 4 aliphatic rings. The van der Waals surface area contributed by atoms with Gasteiger partial charge in [-0.05, 0) is 72.7 Å². The molecular weight excluding hydrogens is 687 g/mol. The van der Waals surface area contributed by atoms with Crippen molar-refractivity contribution in [3.63, 3.8) is 0 Å². The summed E-state index contributed by atoms with van der Waals surface area (Å²) in [4.78, 5) is 73.7. The Hall–Kier alpha value is -6.47. The maximum Gasteiger partial charge on any atom is 0.238 e. The molecule has 0 radical (unpaired) electrons. The topological polar surface area (TPSA) is 109 Å². The maximum absolute atomic E-state index is 15.2. The van der Waals surface area contributed by atoms with Gasteiger partial charge in [0.05, 0.1) is 22.9 Å². The van der Waals surface area contributed by atoms with Gasteiger partial charge in [0.15, 0.2) is 17.3 Å². The van der Waals surface area contributed by atoms with Gasteiger partial charge < -0.3 is 5.11 Å². The van der Waals surface area contributed by atoms with Gasteiger partial charge in [0, 0.05) is 34.1 Å². The molecule has 5 aromatic carbocycles. The van der Waals surface area contributed by atoms with Crippen molar-refractivity contribution in [2.45, 2.75) is 31.1 Å². The summed E-state index contributed by atoms with van der Waals surface area (Å²) in [6.45, 7) is 1.80. The SMILES string of the molecule is Cc1cccc(C2C3=CCC4C(=O)N(c5ccc(C(=O)c6ccccc6)cc5)C(=O)C4C3CC3C(=O)C(c4ccccc4)=CC(=O)C32c2ccccc2)c1O. The molecule has 9 rings (SSSR count). The second-order valence-corrected chi connectivity index (χ2v) is 15.1. The molecule has 7 heteroatoms. The van der Waals surface area contributed by atoms with Gasteiger partial charge in [-0.3, -0.25) is 28.9 Å². The van der Waals surface area contributed by atoms with E-state index in [4.69, 9.17) is 0 Å². The zero-order valence-electron chi connectivity index (χ0n) is 30.1. The number of carbonyl (C=O) groups excluding carboxylic acids is 5. The van der Waals surface area contributed by atoms with Crippen LogP contribution < -0.4 is 4.90 Å². The summed E-state index contributed by atoms with van der Waals surface area (Å²) in [6.07, 6.45) is 3.89. The largest absolute Gasteiger partial charge is 0.507 e. The number of allylic oxidation sites excluding steroid dienone is 4. The molecule has 270 valence electrons. The van der Waals surface area contributed by atoms with Crippen LogP contribution in [0, 0.1) is 30.6 Å². The summed E-state index contributed by atoms with van der Waals surface area (Å²) in [5.74, 6) is -5.05. The number of anilines is 1. The molecule has 1 saturated carbocycles. The van der Waals surface area contributed by atoms with Gasteiger partial charge in [0.2, 0.25) is 11.8 Å². The number of phenols is 1. The van der Waals surface area contributed by atoms with Gasteiger partial charge in [0.1, 0.15) is 5.75 Å². The molecule has 2 amide bonds. The van der Waals surface area contributed by atoms with Crippen LogP contribution in [0.2, 0.25) is 0 Å². The summed E-state index contributed by atoms with van der Waals surface area (Å²) >= 11 is 0. The summed E-state index contributed by atoms with van der Waals surface area (Å²) in [5, 5.41) is 11.8. The number of hydrogen-bond acceptors (Lipinski definition) is 6. The number of Topliss-reactive ketones (excluding diaryl/α,β-unsaturated/α-hetero) is 1. The monoisotopic (exact) mass is 723 g/mol. The van der Waals surface area contributed by atoms with E-state index in [2.05, 4.69) is 0 Å². The lowest BCUT2D eigenvalue weighted by Gasteiger charge is -2.55. The van der Waals surface area contributed by atoms with E-state index in [9.17, 15) is 19.5 Å². The first-order valence-electron chi connectivity index (χ1n) is 18.7. The van der Waals surface area contributed by atoms with E-state index in [0.717, 1.165) is 5.57 Å². The van der Waals surface area contributed by atoms with Crippen molar-refractivity contribution in [3.05, 3.63) is 185 Å². The lowest BCUT2D eigenvalue weighted by atomic mass is 9.44. The molecule has 1 N–H and O–H groups in total. The summed E-state index contributed by atoms with van der Waals surface area (Å²) in [5.41, 5.74) is 3.43. The first kappa shape index (κ1) is 34.3. The van der Waals surface area contributed by atoms with Gasteiger partial charge in [-0.1, -0.05) is 121 Å². The highest BCUT2D eigenvalue weighted by molar-refractivity contribution is 6.32. The number of aryl methyl sites for hydroxylation is 1. The molecule has 55 heavy (non-hydrogen) atoms. The number of amides is 2. The minimum absolute atomic E-state index is 0.0314. The first-order chi connectivity index (χ1) is 26.7. The number of rotatable bonds is 6. The molecule has 0 spiro atoms. The third-order valence-electron chi connectivity index (χ3n) is 12.4. The normalized spacial score (nSPS) is 25.8. The fourth-order valence-corrected chi connectivity index (χ4v) is 9.91. The van der Waals surface area contributed by atoms with Crippen LogP contribution in [-0.4, -0.2) is 34.3 Å². The Morgan fingerprint density at radius 2 is 1.35 bits per heavy atom. The Balaban J connectivity index is 1.18. The number of fused-ring (bicyclic) bond motifs is 4. The molecule has 0 aromatic heterocycles. The molecule has 6 unspecified atom stereocenters. The second-order valence-electron chi connectivity index (χ2n) is 15.1. The molecule has 3 aliphatic carbocycles. The van der Waals surface area contributed by atoms with Crippen LogP contribution in [0.1, 0.15) is 56.9 Å². The quantitative estimate of drug-likeness (QED) is 0.108. The zero-order valence-corrected chi connectivity index (χ0v) is 30.1. The molecule has 1 aliphatic heterocycles. The van der Waals surface area contributed by atoms with Gasteiger partial charge >= 0.3 is 0 Å². The van der Waals surface area contributed by atoms with Crippen LogP contribution in [0.4, 0.5) is 5.69 Å². The highest BCUT2D eigenvalue weighted by Crippen LogP contribution is 2.64. The number of para-hydroxylation sites is 1. The Labute approximate surface area is 318 Å². The number of phenolic OH excluding ortho intramolecular Hbond substituents is 1. The van der Waals surface area contributed by atoms with E-state index < -0.39 is 35.0 Å². The minimum Gasteiger partial charge on any atom is -0.507 e. The zero-order chi connectivity index (χ0) is 38.0. The van der Waals surface area contributed by atoms with E-state index in [0.29, 0.717) is 44.6 Å². The number of hydrogen-bond donors (Lipinski definition) is 1. The van der Waals surface area contributed by atoms with Crippen LogP contribution in [0.3, 0.4) is 0 Å². The van der Waals surface area contributed by atoms with Crippen molar-refractivity contribution in [1.82, 2.24) is 0 Å². The van der Waals surface area contributed by atoms with Gasteiger partial charge in [-0.25, -0.2) is 0 Å². The Morgan fingerprint density at radius 1 is 0.709 bits per heavy atom. The van der Waals surface area contributed by atoms with E-state index >= 15 is 9.59 Å². The van der Waals surface area contributed by atoms with Crippen LogP contribution in [0.5, 0.6) is 5.75 Å². The summed E-state index contributed by atoms with van der Waals surface area (Å²) in [7, 11) is 0. The fraction of sp³-hybridized carbons (Fsp3) is 0.188. The highest BCUT2D eigenvalue weighted by atomic mass is 16.3. The average molecular weight is 724 g/mol. The number of carbonyl (C=O) groups is 5. The number of benzene rings is 5. The molecule has 5 aromatic rings. The van der Waals surface area contributed by atoms with Crippen molar-refractivity contribution in [2.24, 2.45) is 23.7 Å². The van der Waals surface area contributed by atoms with Crippen molar-refractivity contribution >= 4 is 40.4 Å². The van der Waals surface area contributed by atoms with Gasteiger partial charge in [-0.2, -0.15) is 0 Å². The van der Waals surface area contributed by atoms with E-state index in [1.807, 2.05) is 84.9 Å². The Morgan fingerprint density at radius 3 is 2.04 bits per heavy atom. The second kappa shape index (κ2) is 13.1. The van der Waals surface area contributed by atoms with E-state index in [1.54, 1.807) is 61.5 Å². The maximum atomic E-state index is 15.2. The molecule has 6 atom stereocenters. The minimum atomic E-state index is -1.43. The highest BCUT2D eigenvalue weighted by Gasteiger charge is 2.66. The molecular formula is C48H37NO6. The summed E-state index contributed by atoms with van der Waals surface area (Å²) in [6, 6.07) is 39.4. The number of imide groups is 1. The van der Waals surface area contributed by atoms with Gasteiger partial charge in [-0.15, -0.1) is 0 Å². The predicted octanol–water partition coefficient (Wildman–Crippen LogP) is 7.96. The van der Waals surface area contributed by atoms with Crippen molar-refractivity contribution in [1.29, 1.82) is 0 Å².